The summed E-state index contributed by atoms with van der Waals surface area (Å²) in [5.41, 5.74) is -0.285. The second-order valence-electron chi connectivity index (χ2n) is 5.54. The van der Waals surface area contributed by atoms with Gasteiger partial charge in [0.05, 0.1) is 10.6 Å². The molecule has 7 nitrogen and oxygen atoms in total. The van der Waals surface area contributed by atoms with Crippen LogP contribution in [0.2, 0.25) is 0 Å². The highest BCUT2D eigenvalue weighted by atomic mass is 32.2. The largest absolute Gasteiger partial charge is 0.322 e. The van der Waals surface area contributed by atoms with E-state index in [1.165, 1.54) is 31.4 Å². The van der Waals surface area contributed by atoms with Gasteiger partial charge >= 0.3 is 0 Å². The Bertz CT molecular complexity index is 1120. The van der Waals surface area contributed by atoms with Gasteiger partial charge in [0.15, 0.2) is 5.69 Å². The second-order valence-corrected chi connectivity index (χ2v) is 7.22. The zero-order valence-electron chi connectivity index (χ0n) is 13.2. The molecule has 132 valence electrons. The summed E-state index contributed by atoms with van der Waals surface area (Å²) in [7, 11) is -2.68. The van der Waals surface area contributed by atoms with Crippen molar-refractivity contribution in [3.63, 3.8) is 0 Å². The van der Waals surface area contributed by atoms with Gasteiger partial charge in [-0.2, -0.15) is 5.10 Å². The highest BCUT2D eigenvalue weighted by Gasteiger charge is 2.23. The molecule has 0 unspecified atom stereocenters. The molecule has 3 rings (SSSR count). The molecule has 0 aliphatic rings. The number of sulfonamides is 1. The van der Waals surface area contributed by atoms with Gasteiger partial charge in [-0.1, -0.05) is 0 Å². The van der Waals surface area contributed by atoms with E-state index < -0.39 is 22.1 Å². The van der Waals surface area contributed by atoms with Gasteiger partial charge in [0.2, 0.25) is 0 Å². The van der Waals surface area contributed by atoms with Crippen LogP contribution < -0.4 is 10.3 Å². The molecule has 10 heteroatoms. The SMILES string of the molecule is Cc1cc2cc(S(=O)(=O)Nc3cn(C)nc3C(F)F)ccc2[nH]c1=O. The number of halogens is 2. The number of nitrogens with one attached hydrogen (secondary N) is 2. The summed E-state index contributed by atoms with van der Waals surface area (Å²) in [5, 5.41) is 4.07. The fourth-order valence-electron chi connectivity index (χ4n) is 2.41. The molecule has 0 atom stereocenters. The van der Waals surface area contributed by atoms with Crippen molar-refractivity contribution in [3.8, 4) is 0 Å². The molecular weight excluding hydrogens is 354 g/mol. The average Bonchev–Trinajstić information content (AvgIpc) is 2.88. The number of benzene rings is 1. The van der Waals surface area contributed by atoms with Crippen LogP contribution >= 0.6 is 0 Å². The molecule has 0 saturated heterocycles. The Balaban J connectivity index is 2.04. The van der Waals surface area contributed by atoms with Gasteiger partial charge in [0, 0.05) is 24.3 Å². The Morgan fingerprint density at radius 3 is 2.68 bits per heavy atom. The third kappa shape index (κ3) is 3.25. The Hall–Kier alpha value is -2.75. The Morgan fingerprint density at radius 2 is 2.00 bits per heavy atom. The average molecular weight is 368 g/mol. The van der Waals surface area contributed by atoms with Gasteiger partial charge < -0.3 is 4.98 Å². The first-order valence-corrected chi connectivity index (χ1v) is 8.64. The summed E-state index contributed by atoms with van der Waals surface area (Å²) in [6, 6.07) is 5.65. The van der Waals surface area contributed by atoms with E-state index in [-0.39, 0.29) is 16.1 Å². The fraction of sp³-hybridized carbons (Fsp3) is 0.200. The summed E-state index contributed by atoms with van der Waals surface area (Å²) in [6.45, 7) is 1.60. The third-order valence-electron chi connectivity index (χ3n) is 3.62. The molecule has 2 aromatic heterocycles. The molecule has 3 aromatic rings. The lowest BCUT2D eigenvalue weighted by molar-refractivity contribution is 0.146. The van der Waals surface area contributed by atoms with Crippen molar-refractivity contribution in [3.05, 3.63) is 52.1 Å². The van der Waals surface area contributed by atoms with E-state index in [2.05, 4.69) is 14.8 Å². The number of H-pyrrole nitrogens is 1. The Kier molecular flexibility index (Phi) is 4.07. The maximum absolute atomic E-state index is 13.0. The van der Waals surface area contributed by atoms with E-state index in [0.717, 1.165) is 4.68 Å². The van der Waals surface area contributed by atoms with E-state index in [1.54, 1.807) is 13.0 Å². The quantitative estimate of drug-likeness (QED) is 0.738. The predicted molar refractivity (Wildman–Crippen MR) is 88.3 cm³/mol. The first-order valence-electron chi connectivity index (χ1n) is 7.15. The molecule has 0 radical (unpaired) electrons. The smallest absolute Gasteiger partial charge is 0.284 e. The number of nitrogens with zero attached hydrogens (tertiary/aromatic N) is 2. The lowest BCUT2D eigenvalue weighted by Gasteiger charge is -2.09. The van der Waals surface area contributed by atoms with Crippen molar-refractivity contribution in [2.75, 3.05) is 4.72 Å². The van der Waals surface area contributed by atoms with Crippen LogP contribution in [0.15, 0.2) is 40.2 Å². The second kappa shape index (κ2) is 5.96. The topological polar surface area (TPSA) is 96.8 Å². The van der Waals surface area contributed by atoms with Gasteiger partial charge in [0.1, 0.15) is 0 Å². The molecule has 0 aliphatic heterocycles. The minimum absolute atomic E-state index is 0.115. The summed E-state index contributed by atoms with van der Waals surface area (Å²) >= 11 is 0. The zero-order valence-corrected chi connectivity index (χ0v) is 14.1. The number of fused-ring (bicyclic) bond motifs is 1. The van der Waals surface area contributed by atoms with Crippen LogP contribution in [0.25, 0.3) is 10.9 Å². The zero-order chi connectivity index (χ0) is 18.4. The van der Waals surface area contributed by atoms with Crippen LogP contribution in [-0.4, -0.2) is 23.2 Å². The van der Waals surface area contributed by atoms with Crippen molar-refractivity contribution in [2.24, 2.45) is 7.05 Å². The number of pyridine rings is 1. The molecule has 0 aliphatic carbocycles. The number of aryl methyl sites for hydroxylation is 2. The summed E-state index contributed by atoms with van der Waals surface area (Å²) in [5.74, 6) is 0. The normalized spacial score (nSPS) is 12.0. The summed E-state index contributed by atoms with van der Waals surface area (Å²) in [6.07, 6.45) is -1.75. The van der Waals surface area contributed by atoms with Gasteiger partial charge in [0.25, 0.3) is 22.0 Å². The summed E-state index contributed by atoms with van der Waals surface area (Å²) < 4.78 is 54.2. The van der Waals surface area contributed by atoms with Crippen LogP contribution in [0.3, 0.4) is 0 Å². The van der Waals surface area contributed by atoms with Crippen LogP contribution in [0.1, 0.15) is 17.7 Å². The minimum atomic E-state index is -4.10. The van der Waals surface area contributed by atoms with Crippen molar-refractivity contribution in [1.82, 2.24) is 14.8 Å². The third-order valence-corrected chi connectivity index (χ3v) is 4.98. The van der Waals surface area contributed by atoms with Gasteiger partial charge in [-0.3, -0.25) is 14.2 Å². The van der Waals surface area contributed by atoms with E-state index in [0.29, 0.717) is 16.5 Å². The summed E-state index contributed by atoms with van der Waals surface area (Å²) in [4.78, 5) is 14.1. The molecule has 2 N–H and O–H groups in total. The minimum Gasteiger partial charge on any atom is -0.322 e. The highest BCUT2D eigenvalue weighted by molar-refractivity contribution is 7.92. The number of anilines is 1. The van der Waals surface area contributed by atoms with Crippen molar-refractivity contribution in [1.29, 1.82) is 0 Å². The first kappa shape index (κ1) is 17.1. The number of hydrogen-bond donors (Lipinski definition) is 2. The number of rotatable bonds is 4. The van der Waals surface area contributed by atoms with Crippen LogP contribution in [0.5, 0.6) is 0 Å². The molecule has 0 spiro atoms. The molecule has 0 saturated carbocycles. The van der Waals surface area contributed by atoms with Gasteiger partial charge in [-0.15, -0.1) is 0 Å². The van der Waals surface area contributed by atoms with Gasteiger partial charge in [-0.05, 0) is 36.6 Å². The van der Waals surface area contributed by atoms with Crippen LogP contribution in [-0.2, 0) is 17.1 Å². The maximum atomic E-state index is 13.0. The molecule has 0 bridgehead atoms. The molecular formula is C15H14F2N4O3S. The number of aromatic nitrogens is 3. The van der Waals surface area contributed by atoms with E-state index in [4.69, 9.17) is 0 Å². The molecule has 0 amide bonds. The first-order chi connectivity index (χ1) is 11.7. The van der Waals surface area contributed by atoms with Crippen molar-refractivity contribution in [2.45, 2.75) is 18.2 Å². The standard InChI is InChI=1S/C15H14F2N4O3S/c1-8-5-9-6-10(3-4-11(9)18-15(8)22)25(23,24)20-12-7-21(2)19-13(12)14(16)17/h3-7,14,20H,1-2H3,(H,18,22). The predicted octanol–water partition coefficient (Wildman–Crippen LogP) is 2.31. The number of aromatic amines is 1. The fourth-order valence-corrected chi connectivity index (χ4v) is 3.50. The molecule has 2 heterocycles. The molecule has 0 fully saturated rings. The Morgan fingerprint density at radius 1 is 1.28 bits per heavy atom. The number of hydrogen-bond acceptors (Lipinski definition) is 4. The lowest BCUT2D eigenvalue weighted by Crippen LogP contribution is -2.14. The highest BCUT2D eigenvalue weighted by Crippen LogP contribution is 2.27. The number of alkyl halides is 2. The maximum Gasteiger partial charge on any atom is 0.284 e. The van der Waals surface area contributed by atoms with Crippen molar-refractivity contribution >= 4 is 26.6 Å². The van der Waals surface area contributed by atoms with Crippen LogP contribution in [0, 0.1) is 6.92 Å². The Labute approximate surface area is 141 Å². The lowest BCUT2D eigenvalue weighted by atomic mass is 10.2. The van der Waals surface area contributed by atoms with E-state index >= 15 is 0 Å². The van der Waals surface area contributed by atoms with Crippen LogP contribution in [0.4, 0.5) is 14.5 Å². The van der Waals surface area contributed by atoms with Gasteiger partial charge in [-0.25, -0.2) is 17.2 Å². The van der Waals surface area contributed by atoms with E-state index in [1.807, 2.05) is 0 Å². The molecule has 1 aromatic carbocycles. The molecule has 25 heavy (non-hydrogen) atoms. The van der Waals surface area contributed by atoms with Crippen molar-refractivity contribution < 1.29 is 17.2 Å². The monoisotopic (exact) mass is 368 g/mol. The van der Waals surface area contributed by atoms with E-state index in [9.17, 15) is 22.0 Å².